The van der Waals surface area contributed by atoms with Crippen molar-refractivity contribution in [1.29, 1.82) is 0 Å². The van der Waals surface area contributed by atoms with Crippen LogP contribution in [0.5, 0.6) is 0 Å². The van der Waals surface area contributed by atoms with E-state index in [1.54, 1.807) is 0 Å². The average molecular weight is 199 g/mol. The number of aromatic amines is 1. The van der Waals surface area contributed by atoms with Crippen LogP contribution in [0.25, 0.3) is 10.9 Å². The molecule has 1 aromatic heterocycles. The molecule has 76 valence electrons. The minimum Gasteiger partial charge on any atom is -0.361 e. The molecule has 0 unspecified atom stereocenters. The summed E-state index contributed by atoms with van der Waals surface area (Å²) in [4.78, 5) is 7.60. The maximum absolute atomic E-state index is 4.39. The molecule has 2 heterocycles. The van der Waals surface area contributed by atoms with Crippen molar-refractivity contribution in [1.82, 2.24) is 4.98 Å². The molecular weight excluding hydrogens is 186 g/mol. The van der Waals surface area contributed by atoms with Gasteiger partial charge in [-0.3, -0.25) is 4.99 Å². The zero-order valence-corrected chi connectivity index (χ0v) is 8.46. The van der Waals surface area contributed by atoms with E-state index in [2.05, 4.69) is 39.6 Å². The fourth-order valence-electron chi connectivity index (χ4n) is 1.93. The van der Waals surface area contributed by atoms with E-state index in [1.165, 1.54) is 17.3 Å². The third-order valence-electron chi connectivity index (χ3n) is 2.72. The number of amidine groups is 1. The van der Waals surface area contributed by atoms with Gasteiger partial charge in [0.25, 0.3) is 0 Å². The topological polar surface area (TPSA) is 40.2 Å². The summed E-state index contributed by atoms with van der Waals surface area (Å²) >= 11 is 0. The summed E-state index contributed by atoms with van der Waals surface area (Å²) in [7, 11) is 0. The molecule has 15 heavy (non-hydrogen) atoms. The van der Waals surface area contributed by atoms with Gasteiger partial charge < -0.3 is 10.3 Å². The van der Waals surface area contributed by atoms with E-state index in [-0.39, 0.29) is 0 Å². The first-order chi connectivity index (χ1) is 7.42. The second-order valence-corrected chi connectivity index (χ2v) is 3.84. The van der Waals surface area contributed by atoms with Crippen molar-refractivity contribution in [2.24, 2.45) is 4.99 Å². The number of H-pyrrole nitrogens is 1. The van der Waals surface area contributed by atoms with Crippen LogP contribution in [-0.4, -0.2) is 17.4 Å². The molecule has 0 saturated heterocycles. The first kappa shape index (κ1) is 8.53. The number of aromatic nitrogens is 1. The maximum Gasteiger partial charge on any atom is 0.101 e. The van der Waals surface area contributed by atoms with Gasteiger partial charge in [-0.25, -0.2) is 0 Å². The summed E-state index contributed by atoms with van der Waals surface area (Å²) in [6.45, 7) is 0.965. The number of hydrogen-bond acceptors (Lipinski definition) is 2. The minimum atomic E-state index is 0.965. The molecule has 0 spiro atoms. The molecule has 1 aromatic carbocycles. The Morgan fingerprint density at radius 1 is 1.27 bits per heavy atom. The smallest absolute Gasteiger partial charge is 0.101 e. The Hall–Kier alpha value is -1.77. The second-order valence-electron chi connectivity index (χ2n) is 3.84. The lowest BCUT2D eigenvalue weighted by atomic mass is 10.2. The van der Waals surface area contributed by atoms with Crippen molar-refractivity contribution >= 4 is 22.4 Å². The molecule has 0 bridgehead atoms. The van der Waals surface area contributed by atoms with Gasteiger partial charge in [-0.05, 0) is 30.0 Å². The number of fused-ring (bicyclic) bond motifs is 1. The second kappa shape index (κ2) is 3.42. The molecule has 3 rings (SSSR count). The van der Waals surface area contributed by atoms with Crippen LogP contribution in [0, 0.1) is 0 Å². The van der Waals surface area contributed by atoms with E-state index < -0.39 is 0 Å². The normalized spacial score (nSPS) is 15.6. The van der Waals surface area contributed by atoms with Crippen molar-refractivity contribution in [3.8, 4) is 0 Å². The molecule has 2 N–H and O–H groups in total. The zero-order valence-electron chi connectivity index (χ0n) is 8.46. The zero-order chi connectivity index (χ0) is 10.1. The van der Waals surface area contributed by atoms with E-state index >= 15 is 0 Å². The van der Waals surface area contributed by atoms with Gasteiger partial charge in [-0.2, -0.15) is 0 Å². The first-order valence-electron chi connectivity index (χ1n) is 5.29. The van der Waals surface area contributed by atoms with Crippen LogP contribution >= 0.6 is 0 Å². The molecule has 2 aromatic rings. The highest BCUT2D eigenvalue weighted by Gasteiger charge is 2.06. The molecule has 3 nitrogen and oxygen atoms in total. The Balaban J connectivity index is 1.90. The monoisotopic (exact) mass is 199 g/mol. The van der Waals surface area contributed by atoms with Crippen molar-refractivity contribution < 1.29 is 0 Å². The van der Waals surface area contributed by atoms with Crippen LogP contribution < -0.4 is 5.32 Å². The highest BCUT2D eigenvalue weighted by molar-refractivity contribution is 5.98. The van der Waals surface area contributed by atoms with E-state index in [1.807, 2.05) is 6.20 Å². The summed E-state index contributed by atoms with van der Waals surface area (Å²) in [5, 5.41) is 4.60. The third-order valence-corrected chi connectivity index (χ3v) is 2.72. The molecule has 1 aliphatic heterocycles. The standard InChI is InChI=1S/C12H13N3/c1-2-12(14-6-1)15-10-4-3-9-5-7-13-11(9)8-10/h3-5,7-8,13H,1-2,6H2,(H,14,15). The molecule has 0 atom stereocenters. The molecule has 0 radical (unpaired) electrons. The van der Waals surface area contributed by atoms with Crippen LogP contribution in [0.3, 0.4) is 0 Å². The van der Waals surface area contributed by atoms with Crippen molar-refractivity contribution in [3.05, 3.63) is 30.5 Å². The number of anilines is 1. The highest BCUT2D eigenvalue weighted by atomic mass is 15.0. The molecule has 0 saturated carbocycles. The predicted molar refractivity (Wildman–Crippen MR) is 63.5 cm³/mol. The van der Waals surface area contributed by atoms with Gasteiger partial charge in [0.2, 0.25) is 0 Å². The third kappa shape index (κ3) is 1.61. The Bertz CT molecular complexity index is 510. The molecule has 0 aliphatic carbocycles. The van der Waals surface area contributed by atoms with E-state index in [0.717, 1.165) is 24.5 Å². The fraction of sp³-hybridized carbons (Fsp3) is 0.250. The Kier molecular flexibility index (Phi) is 1.95. The number of rotatable bonds is 1. The van der Waals surface area contributed by atoms with Gasteiger partial charge in [0.1, 0.15) is 5.84 Å². The van der Waals surface area contributed by atoms with Crippen molar-refractivity contribution in [2.75, 3.05) is 11.9 Å². The summed E-state index contributed by atoms with van der Waals surface area (Å²) in [6.07, 6.45) is 4.21. The SMILES string of the molecule is c1cc2ccc(NC3=NCCC3)cc2[nH]1. The molecule has 0 fully saturated rings. The number of hydrogen-bond donors (Lipinski definition) is 2. The number of nitrogens with zero attached hydrogens (tertiary/aromatic N) is 1. The van der Waals surface area contributed by atoms with Gasteiger partial charge in [0.15, 0.2) is 0 Å². The van der Waals surface area contributed by atoms with Gasteiger partial charge in [-0.15, -0.1) is 0 Å². The lowest BCUT2D eigenvalue weighted by molar-refractivity contribution is 0.951. The Labute approximate surface area is 88.2 Å². The Morgan fingerprint density at radius 3 is 3.13 bits per heavy atom. The van der Waals surface area contributed by atoms with Crippen LogP contribution in [0.2, 0.25) is 0 Å². The molecule has 0 amide bonds. The van der Waals surface area contributed by atoms with E-state index in [9.17, 15) is 0 Å². The van der Waals surface area contributed by atoms with Crippen molar-refractivity contribution in [2.45, 2.75) is 12.8 Å². The lowest BCUT2D eigenvalue weighted by Crippen LogP contribution is -2.07. The van der Waals surface area contributed by atoms with Crippen LogP contribution in [0.1, 0.15) is 12.8 Å². The van der Waals surface area contributed by atoms with E-state index in [0.29, 0.717) is 0 Å². The number of benzene rings is 1. The number of aliphatic imine (C=N–C) groups is 1. The van der Waals surface area contributed by atoms with Gasteiger partial charge in [0.05, 0.1) is 0 Å². The number of nitrogens with one attached hydrogen (secondary N) is 2. The largest absolute Gasteiger partial charge is 0.361 e. The fourth-order valence-corrected chi connectivity index (χ4v) is 1.93. The van der Waals surface area contributed by atoms with Crippen LogP contribution in [-0.2, 0) is 0 Å². The summed E-state index contributed by atoms with van der Waals surface area (Å²) in [6, 6.07) is 8.41. The summed E-state index contributed by atoms with van der Waals surface area (Å²) in [5.74, 6) is 1.11. The highest BCUT2D eigenvalue weighted by Crippen LogP contribution is 2.18. The van der Waals surface area contributed by atoms with Gasteiger partial charge in [-0.1, -0.05) is 6.07 Å². The molecule has 1 aliphatic rings. The Morgan fingerprint density at radius 2 is 2.27 bits per heavy atom. The van der Waals surface area contributed by atoms with Crippen LogP contribution in [0.15, 0.2) is 35.5 Å². The maximum atomic E-state index is 4.39. The summed E-state index contributed by atoms with van der Waals surface area (Å²) in [5.41, 5.74) is 2.28. The van der Waals surface area contributed by atoms with E-state index in [4.69, 9.17) is 0 Å². The minimum absolute atomic E-state index is 0.965. The van der Waals surface area contributed by atoms with Gasteiger partial charge >= 0.3 is 0 Å². The quantitative estimate of drug-likeness (QED) is 0.728. The lowest BCUT2D eigenvalue weighted by Gasteiger charge is -2.05. The van der Waals surface area contributed by atoms with Crippen LogP contribution in [0.4, 0.5) is 5.69 Å². The van der Waals surface area contributed by atoms with Gasteiger partial charge in [0, 0.05) is 30.4 Å². The molecular formula is C12H13N3. The predicted octanol–water partition coefficient (Wildman–Crippen LogP) is 2.77. The van der Waals surface area contributed by atoms with Crippen molar-refractivity contribution in [3.63, 3.8) is 0 Å². The first-order valence-corrected chi connectivity index (χ1v) is 5.29. The average Bonchev–Trinajstić information content (AvgIpc) is 2.87. The summed E-state index contributed by atoms with van der Waals surface area (Å²) < 4.78 is 0. The molecule has 3 heteroatoms.